The molecular weight excluding hydrogens is 405 g/mol. The van der Waals surface area contributed by atoms with Crippen LogP contribution in [0.2, 0.25) is 0 Å². The zero-order valence-corrected chi connectivity index (χ0v) is 17.3. The number of rotatable bonds is 5. The van der Waals surface area contributed by atoms with E-state index in [0.717, 1.165) is 6.07 Å². The molecular formula is C20H23F3N2O3S. The zero-order valence-electron chi connectivity index (χ0n) is 16.5. The number of aryl methyl sites for hydroxylation is 1. The molecule has 0 heterocycles. The number of hydrogen-bond acceptors (Lipinski definition) is 3. The maximum Gasteiger partial charge on any atom is 0.416 e. The minimum absolute atomic E-state index is 0.0854. The van der Waals surface area contributed by atoms with Crippen molar-refractivity contribution < 1.29 is 26.4 Å². The molecule has 2 aromatic carbocycles. The highest BCUT2D eigenvalue weighted by molar-refractivity contribution is 7.94. The van der Waals surface area contributed by atoms with Gasteiger partial charge in [-0.05, 0) is 75.2 Å². The van der Waals surface area contributed by atoms with Gasteiger partial charge in [0, 0.05) is 16.9 Å². The van der Waals surface area contributed by atoms with E-state index in [1.165, 1.54) is 36.4 Å². The fourth-order valence-corrected chi connectivity index (χ4v) is 3.19. The van der Waals surface area contributed by atoms with Gasteiger partial charge in [0.05, 0.1) is 10.3 Å². The van der Waals surface area contributed by atoms with Crippen LogP contribution in [0.5, 0.6) is 0 Å². The lowest BCUT2D eigenvalue weighted by Gasteiger charge is -2.20. The lowest BCUT2D eigenvalue weighted by molar-refractivity contribution is -0.138. The molecule has 0 saturated carbocycles. The summed E-state index contributed by atoms with van der Waals surface area (Å²) < 4.78 is 64.7. The number of carbonyl (C=O) groups excluding carboxylic acids is 1. The van der Waals surface area contributed by atoms with E-state index in [4.69, 9.17) is 0 Å². The van der Waals surface area contributed by atoms with Crippen molar-refractivity contribution in [2.75, 3.05) is 10.0 Å². The molecule has 0 aliphatic carbocycles. The predicted molar refractivity (Wildman–Crippen MR) is 108 cm³/mol. The molecule has 1 amide bonds. The van der Waals surface area contributed by atoms with E-state index in [1.54, 1.807) is 27.7 Å². The summed E-state index contributed by atoms with van der Waals surface area (Å²) in [6, 6.07) is 9.20. The average molecular weight is 428 g/mol. The summed E-state index contributed by atoms with van der Waals surface area (Å²) in [6.07, 6.45) is -4.29. The number of benzene rings is 2. The summed E-state index contributed by atoms with van der Waals surface area (Å²) in [5.41, 5.74) is 0.147. The Morgan fingerprint density at radius 2 is 1.52 bits per heavy atom. The first-order valence-electron chi connectivity index (χ1n) is 8.88. The van der Waals surface area contributed by atoms with Crippen molar-refractivity contribution in [2.45, 2.75) is 45.0 Å². The van der Waals surface area contributed by atoms with E-state index in [2.05, 4.69) is 10.0 Å². The normalized spacial score (nSPS) is 12.5. The highest BCUT2D eigenvalue weighted by Crippen LogP contribution is 2.33. The number of nitrogens with one attached hydrogen (secondary N) is 2. The van der Waals surface area contributed by atoms with Gasteiger partial charge < -0.3 is 5.32 Å². The molecule has 0 aliphatic heterocycles. The third kappa shape index (κ3) is 5.50. The quantitative estimate of drug-likeness (QED) is 0.699. The second-order valence-electron chi connectivity index (χ2n) is 7.47. The molecule has 0 saturated heterocycles. The van der Waals surface area contributed by atoms with Crippen molar-refractivity contribution in [2.24, 2.45) is 0 Å². The van der Waals surface area contributed by atoms with Gasteiger partial charge in [-0.15, -0.1) is 0 Å². The summed E-state index contributed by atoms with van der Waals surface area (Å²) in [6.45, 7) is 6.29. The molecule has 5 nitrogen and oxygen atoms in total. The van der Waals surface area contributed by atoms with Crippen LogP contribution in [-0.4, -0.2) is 19.1 Å². The Labute approximate surface area is 168 Å². The molecule has 0 spiro atoms. The van der Waals surface area contributed by atoms with Gasteiger partial charge in [-0.1, -0.05) is 6.92 Å². The van der Waals surface area contributed by atoms with Gasteiger partial charge in [0.2, 0.25) is 10.0 Å². The number of alkyl halides is 3. The summed E-state index contributed by atoms with van der Waals surface area (Å²) in [5, 5.41) is 2.56. The molecule has 0 radical (unpaired) electrons. The van der Waals surface area contributed by atoms with Crippen molar-refractivity contribution in [1.82, 2.24) is 0 Å². The number of carbonyl (C=O) groups is 1. The van der Waals surface area contributed by atoms with Crippen LogP contribution in [0.15, 0.2) is 42.5 Å². The van der Waals surface area contributed by atoms with Crippen LogP contribution in [0.4, 0.5) is 24.5 Å². The standard InChI is InChI=1S/C20H23F3N2O3S/c1-5-13-12-16(10-11-17(13)20(21,22)23)24-18(26)14-6-8-15(9-7-14)25-29(27,28)19(2,3)4/h6-12,25H,5H2,1-4H3,(H,24,26). The van der Waals surface area contributed by atoms with Crippen LogP contribution in [0.1, 0.15) is 49.2 Å². The van der Waals surface area contributed by atoms with Gasteiger partial charge in [0.1, 0.15) is 0 Å². The van der Waals surface area contributed by atoms with Gasteiger partial charge >= 0.3 is 6.18 Å². The maximum absolute atomic E-state index is 13.0. The van der Waals surface area contributed by atoms with Crippen LogP contribution in [-0.2, 0) is 22.6 Å². The van der Waals surface area contributed by atoms with Crippen LogP contribution in [0.3, 0.4) is 0 Å². The monoisotopic (exact) mass is 428 g/mol. The number of hydrogen-bond donors (Lipinski definition) is 2. The van der Waals surface area contributed by atoms with Gasteiger partial charge in [0.15, 0.2) is 0 Å². The van der Waals surface area contributed by atoms with Gasteiger partial charge in [-0.25, -0.2) is 8.42 Å². The first kappa shape index (κ1) is 22.7. The first-order chi connectivity index (χ1) is 13.2. The molecule has 0 unspecified atom stereocenters. The van der Waals surface area contributed by atoms with Crippen molar-refractivity contribution >= 4 is 27.3 Å². The van der Waals surface area contributed by atoms with Gasteiger partial charge in [-0.2, -0.15) is 13.2 Å². The topological polar surface area (TPSA) is 75.3 Å². The molecule has 0 fully saturated rings. The Morgan fingerprint density at radius 3 is 2.00 bits per heavy atom. The SMILES string of the molecule is CCc1cc(NC(=O)c2ccc(NS(=O)(=O)C(C)(C)C)cc2)ccc1C(F)(F)F. The first-order valence-corrected chi connectivity index (χ1v) is 10.4. The maximum atomic E-state index is 13.0. The van der Waals surface area contributed by atoms with E-state index in [0.29, 0.717) is 5.69 Å². The van der Waals surface area contributed by atoms with E-state index >= 15 is 0 Å². The molecule has 0 atom stereocenters. The summed E-state index contributed by atoms with van der Waals surface area (Å²) in [5.74, 6) is -0.517. The highest BCUT2D eigenvalue weighted by atomic mass is 32.2. The molecule has 0 bridgehead atoms. The van der Waals surface area contributed by atoms with Gasteiger partial charge in [-0.3, -0.25) is 9.52 Å². The van der Waals surface area contributed by atoms with Crippen molar-refractivity contribution in [1.29, 1.82) is 0 Å². The number of amides is 1. The lowest BCUT2D eigenvalue weighted by atomic mass is 10.0. The minimum atomic E-state index is -4.45. The predicted octanol–water partition coefficient (Wildman–Crippen LogP) is 5.06. The van der Waals surface area contributed by atoms with Crippen molar-refractivity contribution in [3.63, 3.8) is 0 Å². The molecule has 0 aliphatic rings. The molecule has 2 aromatic rings. The minimum Gasteiger partial charge on any atom is -0.322 e. The second kappa shape index (κ2) is 8.06. The summed E-state index contributed by atoms with van der Waals surface area (Å²) in [4.78, 5) is 12.4. The second-order valence-corrected chi connectivity index (χ2v) is 9.91. The average Bonchev–Trinajstić information content (AvgIpc) is 2.60. The van der Waals surface area contributed by atoms with Crippen molar-refractivity contribution in [3.8, 4) is 0 Å². The van der Waals surface area contributed by atoms with Crippen LogP contribution >= 0.6 is 0 Å². The zero-order chi connectivity index (χ0) is 22.0. The fraction of sp³-hybridized carbons (Fsp3) is 0.350. The number of anilines is 2. The number of halogens is 3. The Bertz CT molecular complexity index is 993. The van der Waals surface area contributed by atoms with E-state index < -0.39 is 32.4 Å². The highest BCUT2D eigenvalue weighted by Gasteiger charge is 2.33. The molecule has 158 valence electrons. The van der Waals surface area contributed by atoms with Crippen LogP contribution < -0.4 is 10.0 Å². The third-order valence-corrected chi connectivity index (χ3v) is 6.37. The van der Waals surface area contributed by atoms with Crippen molar-refractivity contribution in [3.05, 3.63) is 59.2 Å². The molecule has 29 heavy (non-hydrogen) atoms. The Hall–Kier alpha value is -2.55. The Morgan fingerprint density at radius 1 is 0.966 bits per heavy atom. The summed E-state index contributed by atoms with van der Waals surface area (Å²) in [7, 11) is -3.60. The third-order valence-electron chi connectivity index (χ3n) is 4.25. The largest absolute Gasteiger partial charge is 0.416 e. The van der Waals surface area contributed by atoms with E-state index in [1.807, 2.05) is 0 Å². The lowest BCUT2D eigenvalue weighted by Crippen LogP contribution is -2.33. The summed E-state index contributed by atoms with van der Waals surface area (Å²) >= 11 is 0. The van der Waals surface area contributed by atoms with Crippen LogP contribution in [0, 0.1) is 0 Å². The fourth-order valence-electron chi connectivity index (χ4n) is 2.44. The number of sulfonamides is 1. The smallest absolute Gasteiger partial charge is 0.322 e. The molecule has 0 aromatic heterocycles. The molecule has 2 N–H and O–H groups in total. The molecule has 9 heteroatoms. The molecule has 2 rings (SSSR count). The van der Waals surface area contributed by atoms with E-state index in [-0.39, 0.29) is 23.2 Å². The Balaban J connectivity index is 2.16. The Kier molecular flexibility index (Phi) is 6.32. The van der Waals surface area contributed by atoms with Crippen LogP contribution in [0.25, 0.3) is 0 Å². The van der Waals surface area contributed by atoms with Gasteiger partial charge in [0.25, 0.3) is 5.91 Å². The van der Waals surface area contributed by atoms with E-state index in [9.17, 15) is 26.4 Å².